The summed E-state index contributed by atoms with van der Waals surface area (Å²) < 4.78 is 56.2. The molecule has 0 aromatic heterocycles. The van der Waals surface area contributed by atoms with Crippen molar-refractivity contribution in [3.63, 3.8) is 0 Å². The monoisotopic (exact) mass is 394 g/mol. The van der Waals surface area contributed by atoms with Gasteiger partial charge in [0.2, 0.25) is 10.0 Å². The molecular formula is C19H20F2N2O3S. The third kappa shape index (κ3) is 4.01. The Bertz CT molecular complexity index is 935. The number of carbonyl (C=O) groups is 1. The fraction of sp³-hybridized carbons (Fsp3) is 0.316. The van der Waals surface area contributed by atoms with Crippen LogP contribution in [0.5, 0.6) is 0 Å². The van der Waals surface area contributed by atoms with E-state index in [0.717, 1.165) is 12.1 Å². The van der Waals surface area contributed by atoms with Crippen molar-refractivity contribution in [2.75, 3.05) is 7.05 Å². The van der Waals surface area contributed by atoms with E-state index in [0.29, 0.717) is 30.4 Å². The van der Waals surface area contributed by atoms with Crippen molar-refractivity contribution in [2.45, 2.75) is 30.6 Å². The minimum absolute atomic E-state index is 0.227. The lowest BCUT2D eigenvalue weighted by Crippen LogP contribution is -2.52. The van der Waals surface area contributed by atoms with Crippen molar-refractivity contribution in [3.05, 3.63) is 70.8 Å². The molecule has 1 amide bonds. The van der Waals surface area contributed by atoms with Gasteiger partial charge >= 0.3 is 0 Å². The minimum Gasteiger partial charge on any atom is -0.355 e. The van der Waals surface area contributed by atoms with Crippen molar-refractivity contribution in [2.24, 2.45) is 0 Å². The second kappa shape index (κ2) is 7.36. The van der Waals surface area contributed by atoms with Gasteiger partial charge in [-0.1, -0.05) is 18.2 Å². The van der Waals surface area contributed by atoms with Gasteiger partial charge in [-0.2, -0.15) is 0 Å². The fourth-order valence-corrected chi connectivity index (χ4v) is 4.94. The highest BCUT2D eigenvalue weighted by Gasteiger charge is 2.45. The number of hydrogen-bond acceptors (Lipinski definition) is 3. The molecule has 0 aliphatic heterocycles. The molecule has 2 N–H and O–H groups in total. The smallest absolute Gasteiger partial charge is 0.251 e. The van der Waals surface area contributed by atoms with E-state index in [1.807, 2.05) is 0 Å². The largest absolute Gasteiger partial charge is 0.355 e. The SMILES string of the molecule is CNC(=O)c1ccc(CS(=O)(=O)NC2(c3c(F)cccc3F)CCC2)cc1. The van der Waals surface area contributed by atoms with Crippen molar-refractivity contribution in [3.8, 4) is 0 Å². The maximum atomic E-state index is 14.2. The van der Waals surface area contributed by atoms with E-state index in [1.165, 1.54) is 25.2 Å². The Kier molecular flexibility index (Phi) is 5.30. The highest BCUT2D eigenvalue weighted by Crippen LogP contribution is 2.44. The number of hydrogen-bond donors (Lipinski definition) is 2. The zero-order valence-electron chi connectivity index (χ0n) is 14.8. The van der Waals surface area contributed by atoms with Crippen LogP contribution in [0, 0.1) is 11.6 Å². The summed E-state index contributed by atoms with van der Waals surface area (Å²) >= 11 is 0. The summed E-state index contributed by atoms with van der Waals surface area (Å²) in [6.07, 6.45) is 1.34. The van der Waals surface area contributed by atoms with Crippen molar-refractivity contribution in [1.82, 2.24) is 10.0 Å². The van der Waals surface area contributed by atoms with Crippen LogP contribution in [0.2, 0.25) is 0 Å². The van der Waals surface area contributed by atoms with Gasteiger partial charge < -0.3 is 5.32 Å². The summed E-state index contributed by atoms with van der Waals surface area (Å²) in [5.41, 5.74) is -0.597. The number of rotatable bonds is 6. The Morgan fingerprint density at radius 1 is 1.07 bits per heavy atom. The summed E-state index contributed by atoms with van der Waals surface area (Å²) in [6.45, 7) is 0. The predicted octanol–water partition coefficient (Wildman–Crippen LogP) is 2.82. The van der Waals surface area contributed by atoms with E-state index in [9.17, 15) is 22.0 Å². The number of benzene rings is 2. The number of amides is 1. The molecule has 0 bridgehead atoms. The molecule has 3 rings (SSSR count). The van der Waals surface area contributed by atoms with E-state index in [2.05, 4.69) is 10.0 Å². The molecule has 5 nitrogen and oxygen atoms in total. The van der Waals surface area contributed by atoms with Gasteiger partial charge in [-0.05, 0) is 49.1 Å². The molecule has 0 radical (unpaired) electrons. The molecule has 8 heteroatoms. The van der Waals surface area contributed by atoms with Crippen LogP contribution in [-0.4, -0.2) is 21.4 Å². The van der Waals surface area contributed by atoms with Crippen LogP contribution in [0.15, 0.2) is 42.5 Å². The van der Waals surface area contributed by atoms with Crippen LogP contribution in [0.1, 0.15) is 40.7 Å². The maximum absolute atomic E-state index is 14.2. The quantitative estimate of drug-likeness (QED) is 0.791. The first-order chi connectivity index (χ1) is 12.8. The molecular weight excluding hydrogens is 374 g/mol. The van der Waals surface area contributed by atoms with Crippen molar-refractivity contribution in [1.29, 1.82) is 0 Å². The van der Waals surface area contributed by atoms with Gasteiger partial charge in [0.15, 0.2) is 0 Å². The second-order valence-electron chi connectivity index (χ2n) is 6.67. The van der Waals surface area contributed by atoms with Crippen LogP contribution in [0.3, 0.4) is 0 Å². The number of halogens is 2. The third-order valence-electron chi connectivity index (χ3n) is 4.80. The molecule has 1 aliphatic rings. The molecule has 1 fully saturated rings. The Balaban J connectivity index is 1.82. The number of sulfonamides is 1. The van der Waals surface area contributed by atoms with Gasteiger partial charge in [0, 0.05) is 18.2 Å². The Morgan fingerprint density at radius 3 is 2.15 bits per heavy atom. The van der Waals surface area contributed by atoms with Crippen LogP contribution in [0.25, 0.3) is 0 Å². The summed E-state index contributed by atoms with van der Waals surface area (Å²) in [4.78, 5) is 11.6. The zero-order valence-corrected chi connectivity index (χ0v) is 15.6. The highest BCUT2D eigenvalue weighted by atomic mass is 32.2. The molecule has 0 heterocycles. The molecule has 2 aromatic carbocycles. The summed E-state index contributed by atoms with van der Waals surface area (Å²) in [5, 5.41) is 2.48. The molecule has 27 heavy (non-hydrogen) atoms. The normalized spacial score (nSPS) is 15.8. The highest BCUT2D eigenvalue weighted by molar-refractivity contribution is 7.88. The average Bonchev–Trinajstić information content (AvgIpc) is 2.58. The third-order valence-corrected chi connectivity index (χ3v) is 6.21. The number of nitrogens with one attached hydrogen (secondary N) is 2. The van der Waals surface area contributed by atoms with Crippen LogP contribution < -0.4 is 10.0 Å². The first kappa shape index (κ1) is 19.4. The Morgan fingerprint density at radius 2 is 1.67 bits per heavy atom. The lowest BCUT2D eigenvalue weighted by molar-refractivity contribution is 0.0963. The number of carbonyl (C=O) groups excluding carboxylic acids is 1. The lowest BCUT2D eigenvalue weighted by atomic mass is 9.72. The molecule has 0 saturated heterocycles. The standard InChI is InChI=1S/C19H20F2N2O3S/c1-22-18(24)14-8-6-13(7-9-14)12-27(25,26)23-19(10-3-11-19)17-15(20)4-2-5-16(17)21/h2,4-9,23H,3,10-12H2,1H3,(H,22,24). The molecule has 0 unspecified atom stereocenters. The van der Waals surface area contributed by atoms with E-state index < -0.39 is 27.2 Å². The second-order valence-corrected chi connectivity index (χ2v) is 8.39. The first-order valence-electron chi connectivity index (χ1n) is 8.53. The zero-order chi connectivity index (χ0) is 19.7. The molecule has 2 aromatic rings. The predicted molar refractivity (Wildman–Crippen MR) is 97.5 cm³/mol. The van der Waals surface area contributed by atoms with Gasteiger partial charge in [-0.25, -0.2) is 21.9 Å². The van der Waals surface area contributed by atoms with E-state index in [4.69, 9.17) is 0 Å². The average molecular weight is 394 g/mol. The Hall–Kier alpha value is -2.32. The summed E-state index contributed by atoms with van der Waals surface area (Å²) in [7, 11) is -2.35. The molecule has 0 atom stereocenters. The molecule has 0 spiro atoms. The van der Waals surface area contributed by atoms with Gasteiger partial charge in [0.1, 0.15) is 11.6 Å². The van der Waals surface area contributed by atoms with Crippen LogP contribution in [0.4, 0.5) is 8.78 Å². The van der Waals surface area contributed by atoms with Crippen molar-refractivity contribution < 1.29 is 22.0 Å². The van der Waals surface area contributed by atoms with E-state index >= 15 is 0 Å². The van der Waals surface area contributed by atoms with E-state index in [-0.39, 0.29) is 17.2 Å². The van der Waals surface area contributed by atoms with Gasteiger partial charge in [0.25, 0.3) is 5.91 Å². The minimum atomic E-state index is -3.86. The lowest BCUT2D eigenvalue weighted by Gasteiger charge is -2.42. The van der Waals surface area contributed by atoms with E-state index in [1.54, 1.807) is 12.1 Å². The Labute approximate surface area is 156 Å². The molecule has 1 aliphatic carbocycles. The van der Waals surface area contributed by atoms with Gasteiger partial charge in [0.05, 0.1) is 11.3 Å². The topological polar surface area (TPSA) is 75.3 Å². The summed E-state index contributed by atoms with van der Waals surface area (Å²) in [6, 6.07) is 9.65. The molecule has 1 saturated carbocycles. The first-order valence-corrected chi connectivity index (χ1v) is 10.2. The molecule has 144 valence electrons. The maximum Gasteiger partial charge on any atom is 0.251 e. The fourth-order valence-electron chi connectivity index (χ4n) is 3.34. The van der Waals surface area contributed by atoms with Crippen LogP contribution >= 0.6 is 0 Å². The van der Waals surface area contributed by atoms with Crippen LogP contribution in [-0.2, 0) is 21.3 Å². The summed E-state index contributed by atoms with van der Waals surface area (Å²) in [5.74, 6) is -2.13. The van der Waals surface area contributed by atoms with Crippen molar-refractivity contribution >= 4 is 15.9 Å². The van der Waals surface area contributed by atoms with Gasteiger partial charge in [-0.15, -0.1) is 0 Å². The van der Waals surface area contributed by atoms with Gasteiger partial charge in [-0.3, -0.25) is 4.79 Å².